The first-order chi connectivity index (χ1) is 14.9. The maximum absolute atomic E-state index is 14.6. The number of nitrogens with zero attached hydrogens (tertiary/aromatic N) is 1. The Morgan fingerprint density at radius 1 is 1.06 bits per heavy atom. The van der Waals surface area contributed by atoms with E-state index in [-0.39, 0.29) is 24.4 Å². The van der Waals surface area contributed by atoms with Crippen molar-refractivity contribution < 1.29 is 23.5 Å². The highest BCUT2D eigenvalue weighted by Gasteiger charge is 2.24. The number of halogens is 1. The zero-order valence-electron chi connectivity index (χ0n) is 17.6. The van der Waals surface area contributed by atoms with Gasteiger partial charge in [-0.2, -0.15) is 0 Å². The summed E-state index contributed by atoms with van der Waals surface area (Å²) in [5.41, 5.74) is 1.76. The third-order valence-corrected chi connectivity index (χ3v) is 5.40. The normalized spacial score (nSPS) is 13.3. The average Bonchev–Trinajstić information content (AvgIpc) is 3.53. The predicted molar refractivity (Wildman–Crippen MR) is 115 cm³/mol. The molecule has 0 aliphatic heterocycles. The molecule has 5 nitrogen and oxygen atoms in total. The van der Waals surface area contributed by atoms with E-state index in [9.17, 15) is 14.0 Å². The van der Waals surface area contributed by atoms with E-state index in [1.807, 2.05) is 6.07 Å². The van der Waals surface area contributed by atoms with E-state index in [0.29, 0.717) is 46.1 Å². The van der Waals surface area contributed by atoms with Crippen LogP contribution in [-0.2, 0) is 22.4 Å². The molecule has 1 heterocycles. The van der Waals surface area contributed by atoms with Gasteiger partial charge in [-0.15, -0.1) is 0 Å². The van der Waals surface area contributed by atoms with Crippen molar-refractivity contribution in [1.29, 1.82) is 0 Å². The van der Waals surface area contributed by atoms with Crippen molar-refractivity contribution in [1.82, 2.24) is 4.98 Å². The number of rotatable bonds is 9. The zero-order chi connectivity index (χ0) is 22.0. The molecule has 160 valence electrons. The number of carbonyl (C=O) groups excluding carboxylic acids is 2. The molecule has 1 saturated carbocycles. The second kappa shape index (κ2) is 8.84. The Labute approximate surface area is 180 Å². The highest BCUT2D eigenvalue weighted by Crippen LogP contribution is 2.35. The predicted octanol–water partition coefficient (Wildman–Crippen LogP) is 5.22. The van der Waals surface area contributed by atoms with Gasteiger partial charge in [0.2, 0.25) is 0 Å². The van der Waals surface area contributed by atoms with Crippen LogP contribution in [0.25, 0.3) is 10.9 Å². The van der Waals surface area contributed by atoms with Crippen LogP contribution in [0, 0.1) is 11.7 Å². The number of benzene rings is 2. The van der Waals surface area contributed by atoms with Gasteiger partial charge >= 0.3 is 0 Å². The lowest BCUT2D eigenvalue weighted by molar-refractivity contribution is -0.119. The molecule has 1 aliphatic carbocycles. The molecular formula is C25H24FNO4. The summed E-state index contributed by atoms with van der Waals surface area (Å²) in [7, 11) is 1.55. The Bertz CT molecular complexity index is 1150. The highest BCUT2D eigenvalue weighted by atomic mass is 19.1. The number of hydrogen-bond donors (Lipinski definition) is 0. The molecule has 6 heteroatoms. The maximum atomic E-state index is 14.6. The van der Waals surface area contributed by atoms with Crippen molar-refractivity contribution in [2.75, 3.05) is 7.11 Å². The second-order valence-corrected chi connectivity index (χ2v) is 8.09. The van der Waals surface area contributed by atoms with Crippen LogP contribution in [-0.4, -0.2) is 23.7 Å². The fraction of sp³-hybridized carbons (Fsp3) is 0.320. The van der Waals surface area contributed by atoms with Crippen LogP contribution >= 0.6 is 0 Å². The first kappa shape index (κ1) is 21.0. The van der Waals surface area contributed by atoms with Gasteiger partial charge in [-0.1, -0.05) is 6.07 Å². The third kappa shape index (κ3) is 5.08. The quantitative estimate of drug-likeness (QED) is 0.474. The van der Waals surface area contributed by atoms with Gasteiger partial charge in [0.15, 0.2) is 0 Å². The number of methoxy groups -OCH3 is 1. The molecule has 4 rings (SSSR count). The second-order valence-electron chi connectivity index (χ2n) is 8.09. The van der Waals surface area contributed by atoms with Crippen LogP contribution < -0.4 is 9.47 Å². The molecule has 2 aromatic carbocycles. The molecule has 0 radical (unpaired) electrons. The molecule has 31 heavy (non-hydrogen) atoms. The van der Waals surface area contributed by atoms with E-state index in [1.54, 1.807) is 37.6 Å². The summed E-state index contributed by atoms with van der Waals surface area (Å²) in [6.45, 7) is 1.52. The van der Waals surface area contributed by atoms with Crippen LogP contribution in [0.15, 0.2) is 42.6 Å². The minimum Gasteiger partial charge on any atom is -0.496 e. The van der Waals surface area contributed by atoms with Gasteiger partial charge in [-0.25, -0.2) is 4.39 Å². The van der Waals surface area contributed by atoms with Crippen LogP contribution in [0.2, 0.25) is 0 Å². The fourth-order valence-electron chi connectivity index (χ4n) is 3.67. The number of hydrogen-bond acceptors (Lipinski definition) is 5. The molecule has 0 atom stereocenters. The molecule has 0 unspecified atom stereocenters. The molecule has 0 amide bonds. The third-order valence-electron chi connectivity index (χ3n) is 5.40. The lowest BCUT2D eigenvalue weighted by Gasteiger charge is -2.13. The summed E-state index contributed by atoms with van der Waals surface area (Å²) < 4.78 is 25.9. The molecule has 1 aliphatic rings. The minimum absolute atomic E-state index is 0.0119. The first-order valence-electron chi connectivity index (χ1n) is 10.4. The van der Waals surface area contributed by atoms with E-state index >= 15 is 0 Å². The fourth-order valence-corrected chi connectivity index (χ4v) is 3.67. The van der Waals surface area contributed by atoms with Crippen LogP contribution in [0.1, 0.15) is 37.3 Å². The zero-order valence-corrected chi connectivity index (χ0v) is 17.6. The van der Waals surface area contributed by atoms with Gasteiger partial charge in [-0.05, 0) is 49.4 Å². The first-order valence-corrected chi connectivity index (χ1v) is 10.4. The number of carbonyl (C=O) groups is 2. The topological polar surface area (TPSA) is 65.5 Å². The Balaban J connectivity index is 1.59. The van der Waals surface area contributed by atoms with Crippen LogP contribution in [0.3, 0.4) is 0 Å². The van der Waals surface area contributed by atoms with Gasteiger partial charge in [-0.3, -0.25) is 14.6 Å². The number of ketones is 2. The molecule has 0 N–H and O–H groups in total. The Morgan fingerprint density at radius 2 is 1.87 bits per heavy atom. The van der Waals surface area contributed by atoms with Crippen LogP contribution in [0.5, 0.6) is 17.2 Å². The SMILES string of the molecule is COc1cc2nccc(Oc3ccc(CC(=O)CC4CC4)c(F)c3)c2cc1CC(C)=O. The van der Waals surface area contributed by atoms with Crippen molar-refractivity contribution >= 4 is 22.5 Å². The van der Waals surface area contributed by atoms with Gasteiger partial charge in [0.05, 0.1) is 12.6 Å². The Hall–Kier alpha value is -3.28. The van der Waals surface area contributed by atoms with Crippen LogP contribution in [0.4, 0.5) is 4.39 Å². The summed E-state index contributed by atoms with van der Waals surface area (Å²) in [6, 6.07) is 9.83. The van der Waals surface area contributed by atoms with E-state index in [1.165, 1.54) is 13.0 Å². The molecule has 0 saturated heterocycles. The maximum Gasteiger partial charge on any atom is 0.138 e. The number of Topliss-reactive ketones (excluding diaryl/α,β-unsaturated/α-hetero) is 2. The lowest BCUT2D eigenvalue weighted by Crippen LogP contribution is -2.05. The molecule has 0 spiro atoms. The van der Waals surface area contributed by atoms with E-state index in [2.05, 4.69) is 4.98 Å². The smallest absolute Gasteiger partial charge is 0.138 e. The van der Waals surface area contributed by atoms with Gasteiger partial charge in [0, 0.05) is 48.5 Å². The lowest BCUT2D eigenvalue weighted by atomic mass is 10.0. The summed E-state index contributed by atoms with van der Waals surface area (Å²) in [5, 5.41) is 0.698. The molecule has 1 aromatic heterocycles. The van der Waals surface area contributed by atoms with Gasteiger partial charge in [0.1, 0.15) is 34.6 Å². The van der Waals surface area contributed by atoms with Crippen molar-refractivity contribution in [2.24, 2.45) is 5.92 Å². The standard InChI is InChI=1S/C25H24FNO4/c1-15(28)9-18-12-21-23(14-25(18)30-2)27-8-7-24(21)31-20-6-5-17(22(26)13-20)11-19(29)10-16-3-4-16/h5-8,12-14,16H,3-4,9-11H2,1-2H3. The number of fused-ring (bicyclic) bond motifs is 1. The van der Waals surface area contributed by atoms with Crippen molar-refractivity contribution in [3.8, 4) is 17.2 Å². The van der Waals surface area contributed by atoms with Gasteiger partial charge < -0.3 is 9.47 Å². The highest BCUT2D eigenvalue weighted by molar-refractivity contribution is 5.89. The van der Waals surface area contributed by atoms with Crippen molar-refractivity contribution in [2.45, 2.75) is 39.0 Å². The van der Waals surface area contributed by atoms with E-state index < -0.39 is 5.82 Å². The number of aromatic nitrogens is 1. The van der Waals surface area contributed by atoms with Crippen molar-refractivity contribution in [3.05, 3.63) is 59.5 Å². The summed E-state index contributed by atoms with van der Waals surface area (Å²) in [5.74, 6) is 1.52. The Kier molecular flexibility index (Phi) is 5.98. The van der Waals surface area contributed by atoms with E-state index in [0.717, 1.165) is 18.4 Å². The summed E-state index contributed by atoms with van der Waals surface area (Å²) in [4.78, 5) is 28.0. The van der Waals surface area contributed by atoms with E-state index in [4.69, 9.17) is 9.47 Å². The molecule has 1 fully saturated rings. The average molecular weight is 421 g/mol. The summed E-state index contributed by atoms with van der Waals surface area (Å²) in [6.07, 6.45) is 4.66. The van der Waals surface area contributed by atoms with Gasteiger partial charge in [0.25, 0.3) is 0 Å². The molecule has 0 bridgehead atoms. The molecule has 3 aromatic rings. The monoisotopic (exact) mass is 421 g/mol. The molecular weight excluding hydrogens is 397 g/mol. The minimum atomic E-state index is -0.459. The number of pyridine rings is 1. The number of ether oxygens (including phenoxy) is 2. The largest absolute Gasteiger partial charge is 0.496 e. The Morgan fingerprint density at radius 3 is 2.55 bits per heavy atom. The van der Waals surface area contributed by atoms with Crippen molar-refractivity contribution in [3.63, 3.8) is 0 Å². The summed E-state index contributed by atoms with van der Waals surface area (Å²) >= 11 is 0.